The average molecular weight is 389 g/mol. The number of amides is 1. The molecule has 1 amide bonds. The van der Waals surface area contributed by atoms with E-state index in [0.29, 0.717) is 13.0 Å². The second-order valence-electron chi connectivity index (χ2n) is 7.30. The molecule has 4 atom stereocenters. The summed E-state index contributed by atoms with van der Waals surface area (Å²) >= 11 is 0. The van der Waals surface area contributed by atoms with Gasteiger partial charge in [0.25, 0.3) is 0 Å². The van der Waals surface area contributed by atoms with Crippen molar-refractivity contribution >= 4 is 15.9 Å². The van der Waals surface area contributed by atoms with Crippen molar-refractivity contribution in [3.63, 3.8) is 0 Å². The van der Waals surface area contributed by atoms with Gasteiger partial charge in [-0.25, -0.2) is 17.5 Å². The Balaban J connectivity index is 1.69. The number of carbonyl (C=O) groups is 1. The van der Waals surface area contributed by atoms with Crippen LogP contribution in [0.4, 0.5) is 4.39 Å². The third-order valence-corrected chi connectivity index (χ3v) is 6.59. The number of nitrogens with one attached hydrogen (secondary N) is 2. The molecule has 1 heterocycles. The van der Waals surface area contributed by atoms with Crippen molar-refractivity contribution < 1.29 is 17.6 Å². The zero-order valence-electron chi connectivity index (χ0n) is 15.3. The predicted molar refractivity (Wildman–Crippen MR) is 96.5 cm³/mol. The first-order chi connectivity index (χ1) is 12.3. The van der Waals surface area contributed by atoms with Crippen LogP contribution in [0.3, 0.4) is 0 Å². The average Bonchev–Trinajstić information content (AvgIpc) is 3.22. The lowest BCUT2D eigenvalue weighted by atomic mass is 10.1. The third-order valence-electron chi connectivity index (χ3n) is 5.16. The highest BCUT2D eigenvalue weighted by Gasteiger charge is 2.35. The van der Waals surface area contributed by atoms with E-state index in [9.17, 15) is 17.6 Å². The van der Waals surface area contributed by atoms with Crippen LogP contribution in [-0.4, -0.2) is 62.9 Å². The summed E-state index contributed by atoms with van der Waals surface area (Å²) in [4.78, 5) is 13.5. The number of sulfonamides is 1. The molecule has 0 spiro atoms. The lowest BCUT2D eigenvalue weighted by molar-refractivity contribution is -0.130. The highest BCUT2D eigenvalue weighted by Crippen LogP contribution is 2.25. The molecular weight excluding hydrogens is 359 g/mol. The van der Waals surface area contributed by atoms with Crippen LogP contribution in [-0.2, 0) is 14.8 Å². The molecule has 0 bridgehead atoms. The molecule has 1 saturated heterocycles. The fourth-order valence-corrected chi connectivity index (χ4v) is 4.92. The number of likely N-dealkylation sites (tertiary alicyclic amines) is 1. The second-order valence-corrected chi connectivity index (χ2v) is 9.23. The minimum absolute atomic E-state index is 0.00836. The first-order valence-corrected chi connectivity index (χ1v) is 11.0. The Morgan fingerprint density at radius 3 is 2.81 bits per heavy atom. The molecular formula is C17H29FN4O3S. The highest BCUT2D eigenvalue weighted by molar-refractivity contribution is 7.89. The van der Waals surface area contributed by atoms with Gasteiger partial charge in [0.05, 0.1) is 24.9 Å². The van der Waals surface area contributed by atoms with Crippen molar-refractivity contribution in [2.24, 2.45) is 5.92 Å². The Morgan fingerprint density at radius 2 is 2.12 bits per heavy atom. The lowest BCUT2D eigenvalue weighted by Crippen LogP contribution is -2.43. The van der Waals surface area contributed by atoms with E-state index in [1.54, 1.807) is 0 Å². The van der Waals surface area contributed by atoms with Crippen molar-refractivity contribution in [3.05, 3.63) is 0 Å². The van der Waals surface area contributed by atoms with E-state index in [-0.39, 0.29) is 43.1 Å². The summed E-state index contributed by atoms with van der Waals surface area (Å²) in [6.45, 7) is 2.47. The standard InChI is InChI=1S/C17H29FN4O3S/c1-2-3-6-26(24,25)21-10-13-4-5-15(7-13)20-11-17(23)22-12-14(18)8-16(22)9-19/h13-16,20-21H,2-8,10-12H2,1H3/t13-,14-,15+,16-/m0/s1. The molecule has 0 aromatic rings. The van der Waals surface area contributed by atoms with Gasteiger partial charge in [-0.05, 0) is 31.6 Å². The summed E-state index contributed by atoms with van der Waals surface area (Å²) < 4.78 is 39.8. The Kier molecular flexibility index (Phi) is 7.80. The number of nitriles is 1. The summed E-state index contributed by atoms with van der Waals surface area (Å²) in [5.41, 5.74) is 0. The van der Waals surface area contributed by atoms with Gasteiger partial charge in [0.2, 0.25) is 15.9 Å². The molecule has 2 aliphatic rings. The van der Waals surface area contributed by atoms with Gasteiger partial charge >= 0.3 is 0 Å². The van der Waals surface area contributed by atoms with Crippen LogP contribution < -0.4 is 10.0 Å². The van der Waals surface area contributed by atoms with E-state index < -0.39 is 22.2 Å². The number of hydrogen-bond acceptors (Lipinski definition) is 5. The largest absolute Gasteiger partial charge is 0.323 e. The van der Waals surface area contributed by atoms with Gasteiger partial charge in [-0.1, -0.05) is 13.3 Å². The topological polar surface area (TPSA) is 102 Å². The Bertz CT molecular complexity index is 622. The van der Waals surface area contributed by atoms with E-state index in [0.717, 1.165) is 25.7 Å². The molecule has 1 aliphatic carbocycles. The summed E-state index contributed by atoms with van der Waals surface area (Å²) in [5.74, 6) is 0.172. The maximum Gasteiger partial charge on any atom is 0.237 e. The van der Waals surface area contributed by atoms with E-state index >= 15 is 0 Å². The van der Waals surface area contributed by atoms with Crippen molar-refractivity contribution in [2.45, 2.75) is 63.7 Å². The maximum atomic E-state index is 13.4. The van der Waals surface area contributed by atoms with Crippen molar-refractivity contribution in [1.29, 1.82) is 5.26 Å². The molecule has 1 aliphatic heterocycles. The van der Waals surface area contributed by atoms with Crippen LogP contribution in [0.5, 0.6) is 0 Å². The molecule has 2 rings (SSSR count). The fourth-order valence-electron chi connectivity index (χ4n) is 3.61. The molecule has 0 aromatic carbocycles. The molecule has 0 unspecified atom stereocenters. The number of carbonyl (C=O) groups excluding carboxylic acids is 1. The summed E-state index contributed by atoms with van der Waals surface area (Å²) in [5, 5.41) is 12.2. The molecule has 7 nitrogen and oxygen atoms in total. The highest BCUT2D eigenvalue weighted by atomic mass is 32.2. The fraction of sp³-hybridized carbons (Fsp3) is 0.882. The number of hydrogen-bond donors (Lipinski definition) is 2. The van der Waals surface area contributed by atoms with Crippen molar-refractivity contribution in [3.8, 4) is 6.07 Å². The summed E-state index contributed by atoms with van der Waals surface area (Å²) in [6, 6.07) is 1.45. The molecule has 0 aromatic heterocycles. The number of alkyl halides is 1. The van der Waals surface area contributed by atoms with Crippen LogP contribution in [0.25, 0.3) is 0 Å². The number of halogens is 1. The smallest absolute Gasteiger partial charge is 0.237 e. The predicted octanol–water partition coefficient (Wildman–Crippen LogP) is 0.927. The quantitative estimate of drug-likeness (QED) is 0.612. The Labute approximate surface area is 155 Å². The minimum Gasteiger partial charge on any atom is -0.323 e. The van der Waals surface area contributed by atoms with Crippen LogP contribution in [0.1, 0.15) is 45.4 Å². The molecule has 148 valence electrons. The minimum atomic E-state index is -3.20. The molecule has 1 saturated carbocycles. The normalized spacial score (nSPS) is 29.0. The lowest BCUT2D eigenvalue weighted by Gasteiger charge is -2.21. The van der Waals surface area contributed by atoms with E-state index in [1.807, 2.05) is 13.0 Å². The maximum absolute atomic E-state index is 13.4. The number of nitrogens with zero attached hydrogens (tertiary/aromatic N) is 2. The van der Waals surface area contributed by atoms with E-state index in [2.05, 4.69) is 10.0 Å². The van der Waals surface area contributed by atoms with Gasteiger partial charge in [0, 0.05) is 19.0 Å². The van der Waals surface area contributed by atoms with Gasteiger partial charge in [0.1, 0.15) is 12.2 Å². The van der Waals surface area contributed by atoms with E-state index in [1.165, 1.54) is 4.90 Å². The van der Waals surface area contributed by atoms with Gasteiger partial charge in [-0.3, -0.25) is 4.79 Å². The molecule has 9 heteroatoms. The van der Waals surface area contributed by atoms with Gasteiger partial charge < -0.3 is 10.2 Å². The summed E-state index contributed by atoms with van der Waals surface area (Å²) in [6.07, 6.45) is 3.05. The Hall–Kier alpha value is -1.24. The Morgan fingerprint density at radius 1 is 1.35 bits per heavy atom. The zero-order chi connectivity index (χ0) is 19.2. The van der Waals surface area contributed by atoms with Crippen LogP contribution in [0, 0.1) is 17.2 Å². The first-order valence-electron chi connectivity index (χ1n) is 9.38. The van der Waals surface area contributed by atoms with E-state index in [4.69, 9.17) is 5.26 Å². The first kappa shape index (κ1) is 21.1. The van der Waals surface area contributed by atoms with Crippen LogP contribution in [0.15, 0.2) is 0 Å². The van der Waals surface area contributed by atoms with Gasteiger partial charge in [0.15, 0.2) is 0 Å². The molecule has 2 N–H and O–H groups in total. The van der Waals surface area contributed by atoms with Crippen molar-refractivity contribution in [1.82, 2.24) is 14.9 Å². The summed E-state index contributed by atoms with van der Waals surface area (Å²) in [7, 11) is -3.20. The SMILES string of the molecule is CCCCS(=O)(=O)NC[C@H]1CC[C@@H](NCC(=O)N2C[C@@H](F)C[C@H]2C#N)C1. The number of unbranched alkanes of at least 4 members (excludes halogenated alkanes) is 1. The molecule has 26 heavy (non-hydrogen) atoms. The van der Waals surface area contributed by atoms with Crippen molar-refractivity contribution in [2.75, 3.05) is 25.4 Å². The third kappa shape index (κ3) is 6.18. The second kappa shape index (κ2) is 9.62. The van der Waals surface area contributed by atoms with Crippen LogP contribution >= 0.6 is 0 Å². The number of rotatable bonds is 9. The van der Waals surface area contributed by atoms with Gasteiger partial charge in [-0.15, -0.1) is 0 Å². The monoisotopic (exact) mass is 388 g/mol. The molecule has 0 radical (unpaired) electrons. The molecule has 2 fully saturated rings. The zero-order valence-corrected chi connectivity index (χ0v) is 16.1. The van der Waals surface area contributed by atoms with Crippen LogP contribution in [0.2, 0.25) is 0 Å². The van der Waals surface area contributed by atoms with Gasteiger partial charge in [-0.2, -0.15) is 5.26 Å².